The summed E-state index contributed by atoms with van der Waals surface area (Å²) in [5, 5.41) is 11.8. The van der Waals surface area contributed by atoms with E-state index in [1.54, 1.807) is 71.0 Å². The molecule has 21 heteroatoms. The highest BCUT2D eigenvalue weighted by Gasteiger charge is 2.47. The molecule has 7 heterocycles. The molecular weight excluding hydrogens is 1050 g/mol. The second kappa shape index (κ2) is 24.6. The fraction of sp³-hybridized carbons (Fsp3) is 0.386. The molecule has 78 heavy (non-hydrogen) atoms. The van der Waals surface area contributed by atoms with Crippen molar-refractivity contribution in [1.82, 2.24) is 29.7 Å². The van der Waals surface area contributed by atoms with E-state index in [9.17, 15) is 14.3 Å². The number of nitrogens with zero attached hydrogens (tertiary/aromatic N) is 6. The number of aromatic nitrogens is 4. The number of likely N-dealkylation sites (N-methyl/N-ethyl adjacent to an activating group) is 1. The summed E-state index contributed by atoms with van der Waals surface area (Å²) in [6, 6.07) is 24.3. The molecule has 1 unspecified atom stereocenters. The molecular formula is C57H60ClFN6O12S. The summed E-state index contributed by atoms with van der Waals surface area (Å²) in [6.45, 7) is 6.22. The molecule has 4 aromatic carbocycles. The Morgan fingerprint density at radius 2 is 1.65 bits per heavy atom. The first-order chi connectivity index (χ1) is 37.9. The predicted octanol–water partition coefficient (Wildman–Crippen LogP) is 8.42. The highest BCUT2D eigenvalue weighted by molar-refractivity contribution is 7.22. The number of thiophene rings is 1. The van der Waals surface area contributed by atoms with Crippen LogP contribution in [0.3, 0.4) is 0 Å². The number of fused-ring (bicyclic) bond motifs is 7. The van der Waals surface area contributed by atoms with Crippen LogP contribution in [0.1, 0.15) is 16.8 Å². The minimum Gasteiger partial charge on any atom is -0.491 e. The van der Waals surface area contributed by atoms with Crippen LogP contribution in [0.2, 0.25) is 5.02 Å². The molecule has 0 saturated carbocycles. The van der Waals surface area contributed by atoms with E-state index in [2.05, 4.69) is 31.8 Å². The Hall–Kier alpha value is -6.59. The summed E-state index contributed by atoms with van der Waals surface area (Å²) in [7, 11) is 8.38. The number of carboxylic acids is 1. The second-order valence-corrected chi connectivity index (χ2v) is 20.6. The van der Waals surface area contributed by atoms with Gasteiger partial charge in [0.05, 0.1) is 16.1 Å². The number of methoxy groups -OCH3 is 4. The van der Waals surface area contributed by atoms with Gasteiger partial charge in [-0.2, -0.15) is 0 Å². The smallest absolute Gasteiger partial charge is 0.345 e. The van der Waals surface area contributed by atoms with Gasteiger partial charge in [-0.25, -0.2) is 29.1 Å². The quantitative estimate of drug-likeness (QED) is 0.103. The Kier molecular flexibility index (Phi) is 17.3. The fourth-order valence-electron chi connectivity index (χ4n) is 10.0. The highest BCUT2D eigenvalue weighted by Crippen LogP contribution is 2.50. The fourth-order valence-corrected chi connectivity index (χ4v) is 11.4. The molecule has 3 aromatic heterocycles. The lowest BCUT2D eigenvalue weighted by atomic mass is 9.96. The van der Waals surface area contributed by atoms with Crippen LogP contribution in [-0.2, 0) is 41.5 Å². The van der Waals surface area contributed by atoms with Crippen molar-refractivity contribution in [2.45, 2.75) is 62.9 Å². The van der Waals surface area contributed by atoms with Gasteiger partial charge in [0.15, 0.2) is 12.1 Å². The number of halogens is 2. The van der Waals surface area contributed by atoms with Crippen molar-refractivity contribution in [3.05, 3.63) is 125 Å². The summed E-state index contributed by atoms with van der Waals surface area (Å²) in [5.41, 5.74) is 4.49. The Morgan fingerprint density at radius 1 is 0.859 bits per heavy atom. The van der Waals surface area contributed by atoms with E-state index in [-0.39, 0.29) is 32.1 Å². The summed E-state index contributed by atoms with van der Waals surface area (Å²) in [4.78, 5) is 37.9. The van der Waals surface area contributed by atoms with Crippen LogP contribution < -0.4 is 23.7 Å². The molecule has 4 bridgehead atoms. The minimum atomic E-state index is -1.48. The van der Waals surface area contributed by atoms with Crippen molar-refractivity contribution < 1.29 is 61.7 Å². The standard InChI is InChI=1S/C57H60ClFN6O12S/c1-32-41-15-17-43(48(32)58)75-40(27-65-22-20-64(2)21-23-65)29-72-39-14-16-42(35(25-39)26-44(56(66)67)76-54-47-46(41)52(78-55(47)62-31-61-54)33-10-12-36(59)13-11-33)74-28-37-18-19-60-53(63-37)34-8-7-9-38(24-34)73-30-45-49(68-3)50(69-4)51(70-5)57(71-6)77-45/h7-19,24-25,31,40,44-45,49-51,57H,20-23,26-30H2,1-6H3,(H,66,67)/t40?,44-,45+,49+,50-,51-,57-/m0/s1. The van der Waals surface area contributed by atoms with E-state index in [1.807, 2.05) is 43.3 Å². The zero-order valence-corrected chi connectivity index (χ0v) is 45.5. The molecule has 2 saturated heterocycles. The van der Waals surface area contributed by atoms with Crippen LogP contribution >= 0.6 is 22.9 Å². The van der Waals surface area contributed by atoms with Gasteiger partial charge >= 0.3 is 5.97 Å². The average molecular weight is 1110 g/mol. The molecule has 7 aromatic rings. The Labute approximate surface area is 459 Å². The Morgan fingerprint density at radius 3 is 2.41 bits per heavy atom. The first kappa shape index (κ1) is 54.8. The van der Waals surface area contributed by atoms with Gasteiger partial charge in [0.25, 0.3) is 0 Å². The average Bonchev–Trinajstić information content (AvgIpc) is 4.09. The molecule has 1 N–H and O–H groups in total. The number of ether oxygens (including phenoxy) is 10. The number of aliphatic carboxylic acids is 1. The second-order valence-electron chi connectivity index (χ2n) is 19.2. The summed E-state index contributed by atoms with van der Waals surface area (Å²) in [5.74, 6) is 0.677. The first-order valence-electron chi connectivity index (χ1n) is 25.4. The van der Waals surface area contributed by atoms with Gasteiger partial charge in [0.2, 0.25) is 12.0 Å². The molecule has 410 valence electrons. The molecule has 11 rings (SSSR count). The molecule has 2 fully saturated rings. The van der Waals surface area contributed by atoms with E-state index < -0.39 is 54.7 Å². The predicted molar refractivity (Wildman–Crippen MR) is 289 cm³/mol. The maximum Gasteiger partial charge on any atom is 0.345 e. The van der Waals surface area contributed by atoms with Crippen LogP contribution in [0.4, 0.5) is 4.39 Å². The normalized spacial score (nSPS) is 22.0. The summed E-state index contributed by atoms with van der Waals surface area (Å²) < 4.78 is 75.9. The van der Waals surface area contributed by atoms with Gasteiger partial charge in [0, 0.05) is 95.3 Å². The highest BCUT2D eigenvalue weighted by atomic mass is 35.5. The molecule has 4 aliphatic heterocycles. The monoisotopic (exact) mass is 1110 g/mol. The molecule has 7 atom stereocenters. The largest absolute Gasteiger partial charge is 0.491 e. The molecule has 18 nitrogen and oxygen atoms in total. The van der Waals surface area contributed by atoms with E-state index in [0.29, 0.717) is 89.7 Å². The van der Waals surface area contributed by atoms with Crippen LogP contribution in [0, 0.1) is 12.7 Å². The van der Waals surface area contributed by atoms with Crippen molar-refractivity contribution in [3.8, 4) is 61.8 Å². The van der Waals surface area contributed by atoms with Crippen LogP contribution in [0.15, 0.2) is 97.5 Å². The van der Waals surface area contributed by atoms with Crippen LogP contribution in [0.25, 0.3) is 43.2 Å². The third-order valence-electron chi connectivity index (χ3n) is 14.2. The number of carboxylic acid groups (broad SMARTS) is 1. The van der Waals surface area contributed by atoms with Gasteiger partial charge in [-0.15, -0.1) is 11.3 Å². The number of benzene rings is 4. The van der Waals surface area contributed by atoms with Gasteiger partial charge < -0.3 is 57.4 Å². The zero-order valence-electron chi connectivity index (χ0n) is 43.9. The van der Waals surface area contributed by atoms with Gasteiger partial charge in [-0.1, -0.05) is 41.9 Å². The maximum atomic E-state index is 14.4. The van der Waals surface area contributed by atoms with Gasteiger partial charge in [-0.3, -0.25) is 4.90 Å². The topological polar surface area (TPSA) is 188 Å². The molecule has 4 aliphatic rings. The molecule has 0 amide bonds. The lowest BCUT2D eigenvalue weighted by Gasteiger charge is -2.44. The SMILES string of the molecule is CO[C@H]1O[C@H](COc2cccc(-c3nccc(COc4ccc5cc4C[C@@H](C(=O)O)Oc4ncnc6sc(-c7ccc(F)cc7)c(c46)-c4ccc(c(Cl)c4C)OC(CN4CCN(C)CC4)CO5)n3)c2)[C@@H](OC)[C@H](OC)[C@@H]1OC. The third-order valence-corrected chi connectivity index (χ3v) is 15.8. The van der Waals surface area contributed by atoms with Crippen molar-refractivity contribution in [1.29, 1.82) is 0 Å². The number of hydrogen-bond donors (Lipinski definition) is 1. The van der Waals surface area contributed by atoms with E-state index in [0.717, 1.165) is 31.1 Å². The Bertz CT molecular complexity index is 3220. The van der Waals surface area contributed by atoms with Gasteiger partial charge in [-0.05, 0) is 85.3 Å². The lowest BCUT2D eigenvalue weighted by molar-refractivity contribution is -0.305. The zero-order chi connectivity index (χ0) is 54.5. The van der Waals surface area contributed by atoms with Crippen molar-refractivity contribution >= 4 is 39.1 Å². The van der Waals surface area contributed by atoms with E-state index >= 15 is 0 Å². The van der Waals surface area contributed by atoms with Crippen molar-refractivity contribution in [2.75, 3.05) is 81.4 Å². The molecule has 0 spiro atoms. The first-order valence-corrected chi connectivity index (χ1v) is 26.6. The number of hydrogen-bond acceptors (Lipinski definition) is 18. The summed E-state index contributed by atoms with van der Waals surface area (Å²) in [6.07, 6.45) is -1.87. The van der Waals surface area contributed by atoms with E-state index in [1.165, 1.54) is 29.8 Å². The van der Waals surface area contributed by atoms with Crippen LogP contribution in [0.5, 0.6) is 28.9 Å². The summed E-state index contributed by atoms with van der Waals surface area (Å²) >= 11 is 8.62. The number of rotatable bonds is 15. The lowest BCUT2D eigenvalue weighted by Crippen LogP contribution is -2.61. The third kappa shape index (κ3) is 12.0. The number of piperazine rings is 1. The van der Waals surface area contributed by atoms with Crippen LogP contribution in [-0.4, -0.2) is 165 Å². The van der Waals surface area contributed by atoms with Crippen molar-refractivity contribution in [3.63, 3.8) is 0 Å². The van der Waals surface area contributed by atoms with Gasteiger partial charge in [0.1, 0.15) is 90.3 Å². The molecule has 0 aliphatic carbocycles. The van der Waals surface area contributed by atoms with E-state index in [4.69, 9.17) is 64.0 Å². The molecule has 0 radical (unpaired) electrons. The van der Waals surface area contributed by atoms with Crippen molar-refractivity contribution in [2.24, 2.45) is 0 Å². The minimum absolute atomic E-state index is 0.00599. The Balaban J connectivity index is 0.953. The number of carbonyl (C=O) groups is 1. The maximum absolute atomic E-state index is 14.4.